The largest absolute Gasteiger partial charge is 0.467 e. The minimum absolute atomic E-state index is 0.0844. The minimum Gasteiger partial charge on any atom is -0.467 e. The van der Waals surface area contributed by atoms with Gasteiger partial charge in [-0.15, -0.1) is 0 Å². The summed E-state index contributed by atoms with van der Waals surface area (Å²) >= 11 is 3.22. The number of hydrogen-bond acceptors (Lipinski definition) is 3. The molecule has 100 valence electrons. The monoisotopic (exact) mass is 323 g/mol. The third-order valence-electron chi connectivity index (χ3n) is 3.33. The van der Waals surface area contributed by atoms with Gasteiger partial charge in [-0.05, 0) is 60.0 Å². The van der Waals surface area contributed by atoms with Crippen molar-refractivity contribution in [3.63, 3.8) is 0 Å². The lowest BCUT2D eigenvalue weighted by atomic mass is 10.2. The van der Waals surface area contributed by atoms with Crippen molar-refractivity contribution in [1.82, 2.24) is 4.90 Å². The van der Waals surface area contributed by atoms with Crippen LogP contribution in [0.1, 0.15) is 42.1 Å². The topological polar surface area (TPSA) is 46.6 Å². The fourth-order valence-corrected chi connectivity index (χ4v) is 2.54. The smallest absolute Gasteiger partial charge is 0.290 e. The van der Waals surface area contributed by atoms with Crippen LogP contribution in [-0.4, -0.2) is 16.8 Å². The lowest BCUT2D eigenvalue weighted by molar-refractivity contribution is 0.0618. The summed E-state index contributed by atoms with van der Waals surface area (Å²) in [5.74, 6) is 1.07. The summed E-state index contributed by atoms with van der Waals surface area (Å²) in [6.45, 7) is 1.98. The van der Waals surface area contributed by atoms with Gasteiger partial charge in [-0.25, -0.2) is 0 Å². The van der Waals surface area contributed by atoms with Crippen LogP contribution >= 0.6 is 15.9 Å². The number of nitrogens with zero attached hydrogens (tertiary/aromatic N) is 1. The Morgan fingerprint density at radius 1 is 1.42 bits per heavy atom. The van der Waals surface area contributed by atoms with E-state index in [9.17, 15) is 4.79 Å². The molecule has 1 atom stereocenters. The van der Waals surface area contributed by atoms with Gasteiger partial charge in [-0.3, -0.25) is 4.79 Å². The van der Waals surface area contributed by atoms with Crippen LogP contribution in [0.2, 0.25) is 0 Å². The molecule has 0 N–H and O–H groups in total. The molecule has 0 unspecified atom stereocenters. The lowest BCUT2D eigenvalue weighted by Gasteiger charge is -2.27. The fourth-order valence-electron chi connectivity index (χ4n) is 2.23. The predicted octanol–water partition coefficient (Wildman–Crippen LogP) is 4.00. The second-order valence-corrected chi connectivity index (χ2v) is 5.52. The first-order valence-corrected chi connectivity index (χ1v) is 7.07. The molecule has 5 heteroatoms. The van der Waals surface area contributed by atoms with Gasteiger partial charge in [-0.1, -0.05) is 0 Å². The van der Waals surface area contributed by atoms with Gasteiger partial charge in [0.15, 0.2) is 10.4 Å². The molecule has 4 nitrogen and oxygen atoms in total. The van der Waals surface area contributed by atoms with Gasteiger partial charge in [0.1, 0.15) is 5.76 Å². The van der Waals surface area contributed by atoms with E-state index in [1.54, 1.807) is 18.4 Å². The second kappa shape index (κ2) is 4.89. The van der Waals surface area contributed by atoms with Crippen molar-refractivity contribution in [2.45, 2.75) is 31.8 Å². The number of hydrogen-bond donors (Lipinski definition) is 0. The molecule has 0 spiro atoms. The first kappa shape index (κ1) is 12.5. The van der Waals surface area contributed by atoms with Crippen LogP contribution in [0.15, 0.2) is 44.0 Å². The first-order chi connectivity index (χ1) is 9.16. The zero-order chi connectivity index (χ0) is 13.4. The molecule has 19 heavy (non-hydrogen) atoms. The molecule has 2 heterocycles. The van der Waals surface area contributed by atoms with E-state index in [1.165, 1.54) is 0 Å². The van der Waals surface area contributed by atoms with Crippen molar-refractivity contribution < 1.29 is 13.6 Å². The summed E-state index contributed by atoms with van der Waals surface area (Å²) in [4.78, 5) is 14.4. The van der Waals surface area contributed by atoms with Gasteiger partial charge in [0.25, 0.3) is 5.91 Å². The van der Waals surface area contributed by atoms with E-state index in [-0.39, 0.29) is 18.0 Å². The molecule has 1 saturated carbocycles. The number of amides is 1. The number of carbonyl (C=O) groups excluding carboxylic acids is 1. The van der Waals surface area contributed by atoms with Crippen LogP contribution in [-0.2, 0) is 0 Å². The summed E-state index contributed by atoms with van der Waals surface area (Å²) < 4.78 is 11.3. The Labute approximate surface area is 119 Å². The molecule has 0 radical (unpaired) electrons. The van der Waals surface area contributed by atoms with Crippen LogP contribution in [0.5, 0.6) is 0 Å². The third kappa shape index (κ3) is 2.47. The van der Waals surface area contributed by atoms with E-state index in [1.807, 2.05) is 24.0 Å². The summed E-state index contributed by atoms with van der Waals surface area (Å²) in [7, 11) is 0. The quantitative estimate of drug-likeness (QED) is 0.854. The molecule has 1 amide bonds. The van der Waals surface area contributed by atoms with Gasteiger partial charge in [-0.2, -0.15) is 0 Å². The third-order valence-corrected chi connectivity index (χ3v) is 3.76. The highest BCUT2D eigenvalue weighted by molar-refractivity contribution is 9.10. The standard InChI is InChI=1S/C14H14BrNO3/c1-9(11-3-2-8-18-11)16(10-4-5-10)14(17)12-6-7-13(15)19-12/h2-3,6-10H,4-5H2,1H3/t9-/m0/s1. The van der Waals surface area contributed by atoms with E-state index < -0.39 is 0 Å². The van der Waals surface area contributed by atoms with Crippen molar-refractivity contribution in [3.05, 3.63) is 46.7 Å². The van der Waals surface area contributed by atoms with E-state index in [2.05, 4.69) is 15.9 Å². The average Bonchev–Trinajstić information content (AvgIpc) is 2.93. The van der Waals surface area contributed by atoms with Crippen LogP contribution in [0.25, 0.3) is 0 Å². The van der Waals surface area contributed by atoms with Crippen molar-refractivity contribution in [3.8, 4) is 0 Å². The molecule has 2 aromatic rings. The highest BCUT2D eigenvalue weighted by atomic mass is 79.9. The summed E-state index contributed by atoms with van der Waals surface area (Å²) in [6, 6.07) is 7.36. The van der Waals surface area contributed by atoms with Crippen LogP contribution in [0.3, 0.4) is 0 Å². The maximum absolute atomic E-state index is 12.5. The molecular formula is C14H14BrNO3. The van der Waals surface area contributed by atoms with E-state index in [4.69, 9.17) is 8.83 Å². The molecule has 0 aromatic carbocycles. The molecule has 3 rings (SSSR count). The summed E-state index contributed by atoms with van der Waals surface area (Å²) in [5.41, 5.74) is 0. The maximum Gasteiger partial charge on any atom is 0.290 e. The van der Waals surface area contributed by atoms with E-state index in [0.717, 1.165) is 18.6 Å². The Morgan fingerprint density at radius 3 is 2.74 bits per heavy atom. The Kier molecular flexibility index (Phi) is 3.22. The number of furan rings is 2. The number of carbonyl (C=O) groups is 1. The van der Waals surface area contributed by atoms with Crippen LogP contribution < -0.4 is 0 Å². The normalized spacial score (nSPS) is 16.3. The zero-order valence-corrected chi connectivity index (χ0v) is 12.1. The highest BCUT2D eigenvalue weighted by Crippen LogP contribution is 2.36. The van der Waals surface area contributed by atoms with Crippen molar-refractivity contribution >= 4 is 21.8 Å². The number of rotatable bonds is 4. The molecule has 1 aliphatic carbocycles. The summed E-state index contributed by atoms with van der Waals surface area (Å²) in [6.07, 6.45) is 3.71. The lowest BCUT2D eigenvalue weighted by Crippen LogP contribution is -2.35. The van der Waals surface area contributed by atoms with E-state index in [0.29, 0.717) is 10.4 Å². The average molecular weight is 324 g/mol. The highest BCUT2D eigenvalue weighted by Gasteiger charge is 2.38. The Balaban J connectivity index is 1.87. The molecule has 2 aromatic heterocycles. The van der Waals surface area contributed by atoms with E-state index >= 15 is 0 Å². The Hall–Kier alpha value is -1.49. The molecule has 1 aliphatic rings. The Bertz CT molecular complexity index is 571. The second-order valence-electron chi connectivity index (χ2n) is 4.74. The first-order valence-electron chi connectivity index (χ1n) is 6.28. The van der Waals surface area contributed by atoms with Gasteiger partial charge in [0.2, 0.25) is 0 Å². The van der Waals surface area contributed by atoms with Gasteiger partial charge in [0, 0.05) is 6.04 Å². The predicted molar refractivity (Wildman–Crippen MR) is 72.7 cm³/mol. The maximum atomic E-state index is 12.5. The SMILES string of the molecule is C[C@@H](c1ccco1)N(C(=O)c1ccc(Br)o1)C1CC1. The molecular weight excluding hydrogens is 310 g/mol. The van der Waals surface area contributed by atoms with Crippen molar-refractivity contribution in [2.75, 3.05) is 0 Å². The fraction of sp³-hybridized carbons (Fsp3) is 0.357. The van der Waals surface area contributed by atoms with Crippen LogP contribution in [0.4, 0.5) is 0 Å². The van der Waals surface area contributed by atoms with Crippen molar-refractivity contribution in [2.24, 2.45) is 0 Å². The van der Waals surface area contributed by atoms with Crippen LogP contribution in [0, 0.1) is 0 Å². The zero-order valence-electron chi connectivity index (χ0n) is 10.5. The molecule has 1 fully saturated rings. The van der Waals surface area contributed by atoms with Crippen molar-refractivity contribution in [1.29, 1.82) is 0 Å². The van der Waals surface area contributed by atoms with Gasteiger partial charge in [0.05, 0.1) is 12.3 Å². The molecule has 0 aliphatic heterocycles. The molecule has 0 bridgehead atoms. The summed E-state index contributed by atoms with van der Waals surface area (Å²) in [5, 5.41) is 0. The number of halogens is 1. The minimum atomic E-state index is -0.0860. The molecule has 0 saturated heterocycles. The van der Waals surface area contributed by atoms with Gasteiger partial charge >= 0.3 is 0 Å². The Morgan fingerprint density at radius 2 is 2.21 bits per heavy atom. The van der Waals surface area contributed by atoms with Gasteiger partial charge < -0.3 is 13.7 Å².